The van der Waals surface area contributed by atoms with Crippen LogP contribution in [0.3, 0.4) is 0 Å². The fraction of sp³-hybridized carbons (Fsp3) is 0.143. The van der Waals surface area contributed by atoms with Gasteiger partial charge in [-0.25, -0.2) is 8.42 Å². The topological polar surface area (TPSA) is 72.2 Å². The van der Waals surface area contributed by atoms with Crippen LogP contribution >= 0.6 is 15.9 Å². The average Bonchev–Trinajstić information content (AvgIpc) is 2.36. The lowest BCUT2D eigenvalue weighted by Gasteiger charge is -2.13. The van der Waals surface area contributed by atoms with Crippen molar-refractivity contribution in [1.82, 2.24) is 0 Å². The van der Waals surface area contributed by atoms with Crippen LogP contribution in [0.1, 0.15) is 11.1 Å². The Kier molecular flexibility index (Phi) is 4.06. The summed E-state index contributed by atoms with van der Waals surface area (Å²) in [5.41, 5.74) is 8.37. The van der Waals surface area contributed by atoms with E-state index in [0.717, 1.165) is 11.1 Å². The molecule has 0 radical (unpaired) electrons. The fourth-order valence-corrected chi connectivity index (χ4v) is 3.58. The molecule has 6 heteroatoms. The van der Waals surface area contributed by atoms with Gasteiger partial charge in [-0.3, -0.25) is 4.72 Å². The molecular formula is C14H15BrN2O2S. The minimum absolute atomic E-state index is 0.0628. The summed E-state index contributed by atoms with van der Waals surface area (Å²) in [5, 5.41) is 0. The number of sulfonamides is 1. The van der Waals surface area contributed by atoms with Crippen molar-refractivity contribution in [2.24, 2.45) is 0 Å². The van der Waals surface area contributed by atoms with Gasteiger partial charge in [0.25, 0.3) is 10.0 Å². The van der Waals surface area contributed by atoms with Crippen LogP contribution in [0.2, 0.25) is 0 Å². The summed E-state index contributed by atoms with van der Waals surface area (Å²) in [6.07, 6.45) is 0. The molecular weight excluding hydrogens is 340 g/mol. The van der Waals surface area contributed by atoms with E-state index in [4.69, 9.17) is 5.73 Å². The lowest BCUT2D eigenvalue weighted by molar-refractivity contribution is 0.601. The molecule has 0 aliphatic carbocycles. The van der Waals surface area contributed by atoms with Crippen molar-refractivity contribution >= 4 is 37.3 Å². The molecule has 0 unspecified atom stereocenters. The van der Waals surface area contributed by atoms with Gasteiger partial charge in [0, 0.05) is 4.47 Å². The van der Waals surface area contributed by atoms with Gasteiger partial charge >= 0.3 is 0 Å². The standard InChI is InChI=1S/C14H15BrN2O2S/c1-9-3-4-10(2)13(7-9)17-20(18,19)14-8-11(15)5-6-12(14)16/h3-8,17H,16H2,1-2H3. The number of hydrogen-bond donors (Lipinski definition) is 2. The van der Waals surface area contributed by atoms with Crippen LogP contribution in [-0.4, -0.2) is 8.42 Å². The molecule has 0 saturated heterocycles. The highest BCUT2D eigenvalue weighted by molar-refractivity contribution is 9.10. The van der Waals surface area contributed by atoms with Crippen LogP contribution in [-0.2, 0) is 10.0 Å². The summed E-state index contributed by atoms with van der Waals surface area (Å²) in [4.78, 5) is 0.0628. The van der Waals surface area contributed by atoms with Gasteiger partial charge in [0.2, 0.25) is 0 Å². The molecule has 2 rings (SSSR count). The summed E-state index contributed by atoms with van der Waals surface area (Å²) in [5.74, 6) is 0. The maximum absolute atomic E-state index is 12.4. The highest BCUT2D eigenvalue weighted by atomic mass is 79.9. The Morgan fingerprint density at radius 2 is 1.80 bits per heavy atom. The number of benzene rings is 2. The number of nitrogens with one attached hydrogen (secondary N) is 1. The van der Waals surface area contributed by atoms with Gasteiger partial charge in [-0.05, 0) is 49.2 Å². The van der Waals surface area contributed by atoms with Crippen molar-refractivity contribution in [2.75, 3.05) is 10.5 Å². The number of anilines is 2. The zero-order chi connectivity index (χ0) is 14.9. The Morgan fingerprint density at radius 3 is 2.50 bits per heavy atom. The van der Waals surface area contributed by atoms with E-state index >= 15 is 0 Å². The van der Waals surface area contributed by atoms with Crippen LogP contribution in [0.15, 0.2) is 45.8 Å². The third-order valence-corrected chi connectivity index (χ3v) is 4.82. The molecule has 4 nitrogen and oxygen atoms in total. The Bertz CT molecular complexity index is 758. The van der Waals surface area contributed by atoms with Crippen LogP contribution in [0, 0.1) is 13.8 Å². The van der Waals surface area contributed by atoms with Crippen molar-refractivity contribution < 1.29 is 8.42 Å². The van der Waals surface area contributed by atoms with Gasteiger partial charge in [-0.1, -0.05) is 28.1 Å². The Labute approximate surface area is 127 Å². The third kappa shape index (κ3) is 3.13. The number of nitrogen functional groups attached to an aromatic ring is 1. The largest absolute Gasteiger partial charge is 0.398 e. The molecule has 0 heterocycles. The molecule has 2 aromatic carbocycles. The van der Waals surface area contributed by atoms with Crippen molar-refractivity contribution in [3.05, 3.63) is 52.0 Å². The van der Waals surface area contributed by atoms with Gasteiger partial charge in [0.05, 0.1) is 11.4 Å². The van der Waals surface area contributed by atoms with E-state index in [1.165, 1.54) is 6.07 Å². The molecule has 0 fully saturated rings. The molecule has 20 heavy (non-hydrogen) atoms. The Hall–Kier alpha value is -1.53. The first kappa shape index (κ1) is 14.9. The van der Waals surface area contributed by atoms with Crippen LogP contribution in [0.25, 0.3) is 0 Å². The zero-order valence-electron chi connectivity index (χ0n) is 11.1. The van der Waals surface area contributed by atoms with Crippen molar-refractivity contribution in [3.63, 3.8) is 0 Å². The lowest BCUT2D eigenvalue weighted by Crippen LogP contribution is -2.15. The van der Waals surface area contributed by atoms with Crippen LogP contribution in [0.5, 0.6) is 0 Å². The predicted octanol–water partition coefficient (Wildman–Crippen LogP) is 3.45. The second kappa shape index (κ2) is 5.46. The van der Waals surface area contributed by atoms with Crippen LogP contribution < -0.4 is 10.5 Å². The molecule has 0 aliphatic heterocycles. The molecule has 0 amide bonds. The average molecular weight is 355 g/mol. The number of hydrogen-bond acceptors (Lipinski definition) is 3. The molecule has 0 bridgehead atoms. The minimum atomic E-state index is -3.71. The summed E-state index contributed by atoms with van der Waals surface area (Å²) in [7, 11) is -3.71. The summed E-state index contributed by atoms with van der Waals surface area (Å²) in [6, 6.07) is 10.3. The number of aryl methyl sites for hydroxylation is 2. The monoisotopic (exact) mass is 354 g/mol. The maximum Gasteiger partial charge on any atom is 0.263 e. The first-order chi connectivity index (χ1) is 9.29. The molecule has 0 aliphatic rings. The summed E-state index contributed by atoms with van der Waals surface area (Å²) >= 11 is 3.25. The molecule has 106 valence electrons. The first-order valence-electron chi connectivity index (χ1n) is 5.95. The highest BCUT2D eigenvalue weighted by Gasteiger charge is 2.18. The third-order valence-electron chi connectivity index (χ3n) is 2.90. The van der Waals surface area contributed by atoms with E-state index in [0.29, 0.717) is 10.2 Å². The predicted molar refractivity (Wildman–Crippen MR) is 85.3 cm³/mol. The number of rotatable bonds is 3. The van der Waals surface area contributed by atoms with E-state index in [1.54, 1.807) is 18.2 Å². The van der Waals surface area contributed by atoms with E-state index in [9.17, 15) is 8.42 Å². The summed E-state index contributed by atoms with van der Waals surface area (Å²) in [6.45, 7) is 3.76. The van der Waals surface area contributed by atoms with Crippen molar-refractivity contribution in [1.29, 1.82) is 0 Å². The van der Waals surface area contributed by atoms with E-state index in [-0.39, 0.29) is 10.6 Å². The second-order valence-electron chi connectivity index (χ2n) is 4.61. The van der Waals surface area contributed by atoms with E-state index in [2.05, 4.69) is 20.7 Å². The normalized spacial score (nSPS) is 11.3. The molecule has 0 atom stereocenters. The Morgan fingerprint density at radius 1 is 1.10 bits per heavy atom. The molecule has 0 spiro atoms. The van der Waals surface area contributed by atoms with Gasteiger partial charge in [0.1, 0.15) is 4.90 Å². The van der Waals surface area contributed by atoms with E-state index in [1.807, 2.05) is 26.0 Å². The van der Waals surface area contributed by atoms with Crippen LogP contribution in [0.4, 0.5) is 11.4 Å². The quantitative estimate of drug-likeness (QED) is 0.829. The zero-order valence-corrected chi connectivity index (χ0v) is 13.5. The maximum atomic E-state index is 12.4. The van der Waals surface area contributed by atoms with Crippen molar-refractivity contribution in [3.8, 4) is 0 Å². The van der Waals surface area contributed by atoms with Gasteiger partial charge in [-0.15, -0.1) is 0 Å². The molecule has 0 aromatic heterocycles. The minimum Gasteiger partial charge on any atom is -0.398 e. The Balaban J connectivity index is 2.46. The summed E-state index contributed by atoms with van der Waals surface area (Å²) < 4.78 is 28.1. The SMILES string of the molecule is Cc1ccc(C)c(NS(=O)(=O)c2cc(Br)ccc2N)c1. The smallest absolute Gasteiger partial charge is 0.263 e. The molecule has 3 N–H and O–H groups in total. The van der Waals surface area contributed by atoms with E-state index < -0.39 is 10.0 Å². The first-order valence-corrected chi connectivity index (χ1v) is 8.22. The second-order valence-corrected chi connectivity index (χ2v) is 7.17. The number of nitrogens with two attached hydrogens (primary N) is 1. The van der Waals surface area contributed by atoms with Crippen molar-refractivity contribution in [2.45, 2.75) is 18.7 Å². The van der Waals surface area contributed by atoms with Gasteiger partial charge in [-0.2, -0.15) is 0 Å². The van der Waals surface area contributed by atoms with Gasteiger partial charge < -0.3 is 5.73 Å². The molecule has 2 aromatic rings. The fourth-order valence-electron chi connectivity index (χ4n) is 1.79. The highest BCUT2D eigenvalue weighted by Crippen LogP contribution is 2.26. The van der Waals surface area contributed by atoms with Gasteiger partial charge in [0.15, 0.2) is 0 Å². The lowest BCUT2D eigenvalue weighted by atomic mass is 10.1. The molecule has 0 saturated carbocycles. The number of halogens is 1.